The number of carbonyl (C=O) groups excluding carboxylic acids is 1. The van der Waals surface area contributed by atoms with E-state index in [2.05, 4.69) is 5.32 Å². The number of benzene rings is 1. The number of anilines is 1. The van der Waals surface area contributed by atoms with Crippen LogP contribution in [0, 0.1) is 5.92 Å². The molecule has 0 fully saturated rings. The van der Waals surface area contributed by atoms with E-state index in [1.807, 2.05) is 0 Å². The van der Waals surface area contributed by atoms with Crippen molar-refractivity contribution in [3.8, 4) is 0 Å². The van der Waals surface area contributed by atoms with E-state index >= 15 is 0 Å². The molecule has 0 saturated heterocycles. The summed E-state index contributed by atoms with van der Waals surface area (Å²) >= 11 is 0. The summed E-state index contributed by atoms with van der Waals surface area (Å²) in [5.41, 5.74) is 22.1. The fourth-order valence-corrected chi connectivity index (χ4v) is 1.96. The number of carbonyl (C=O) groups is 5. The van der Waals surface area contributed by atoms with Gasteiger partial charge < -0.3 is 53.8 Å². The van der Waals surface area contributed by atoms with Crippen LogP contribution in [-0.4, -0.2) is 74.1 Å². The number of aliphatic carboxylic acids is 4. The van der Waals surface area contributed by atoms with Gasteiger partial charge in [-0.1, -0.05) is 26.0 Å². The van der Waals surface area contributed by atoms with Crippen LogP contribution in [0.3, 0.4) is 0 Å². The first-order chi connectivity index (χ1) is 17.5. The Balaban J connectivity index is -0.000000435. The van der Waals surface area contributed by atoms with E-state index < -0.39 is 42.0 Å². The highest BCUT2D eigenvalue weighted by Crippen LogP contribution is 2.04. The number of nitrogens with two attached hydrogens (primary N) is 4. The summed E-state index contributed by atoms with van der Waals surface area (Å²) in [7, 11) is 0. The van der Waals surface area contributed by atoms with Gasteiger partial charge in [0.2, 0.25) is 0 Å². The number of nitrogens with one attached hydrogen (secondary N) is 1. The molecule has 0 spiro atoms. The molecule has 1 rings (SSSR count). The molecule has 1 aromatic rings. The maximum atomic E-state index is 10.2. The fourth-order valence-electron chi connectivity index (χ4n) is 1.96. The Hall–Kier alpha value is -3.95. The number of hydrogen-bond acceptors (Lipinski definition) is 9. The van der Waals surface area contributed by atoms with Crippen LogP contribution in [0.15, 0.2) is 24.3 Å². The largest absolute Gasteiger partial charge is 0.481 e. The number of amides is 2. The third kappa shape index (κ3) is 28.3. The van der Waals surface area contributed by atoms with E-state index in [0.717, 1.165) is 11.3 Å². The van der Waals surface area contributed by atoms with Gasteiger partial charge in [-0.15, -0.1) is 0 Å². The molecule has 0 bridgehead atoms. The number of hydrogen-bond donors (Lipinski definition) is 10. The molecular formula is C23H41N5O10. The number of rotatable bonds is 12. The predicted molar refractivity (Wildman–Crippen MR) is 139 cm³/mol. The molecule has 0 aliphatic heterocycles. The first-order valence-corrected chi connectivity index (χ1v) is 11.4. The second kappa shape index (κ2) is 23.4. The molecule has 0 saturated carbocycles. The monoisotopic (exact) mass is 547 g/mol. The minimum atomic E-state index is -1.03. The normalized spacial score (nSPS) is 11.1. The lowest BCUT2D eigenvalue weighted by Crippen LogP contribution is -2.34. The predicted octanol–water partition coefficient (Wildman–Crippen LogP) is -0.0119. The fraction of sp³-hybridized carbons (Fsp3) is 0.522. The zero-order valence-corrected chi connectivity index (χ0v) is 21.6. The summed E-state index contributed by atoms with van der Waals surface area (Å²) in [6, 6.07) is 4.95. The van der Waals surface area contributed by atoms with Crippen molar-refractivity contribution in [2.75, 3.05) is 12.3 Å². The lowest BCUT2D eigenvalue weighted by atomic mass is 10.1. The van der Waals surface area contributed by atoms with Gasteiger partial charge in [0, 0.05) is 25.1 Å². The van der Waals surface area contributed by atoms with E-state index in [4.69, 9.17) is 48.5 Å². The Morgan fingerprint density at radius 3 is 1.61 bits per heavy atom. The molecule has 14 N–H and O–H groups in total. The first-order valence-electron chi connectivity index (χ1n) is 11.4. The van der Waals surface area contributed by atoms with Crippen molar-refractivity contribution in [3.63, 3.8) is 0 Å². The third-order valence-electron chi connectivity index (χ3n) is 4.26. The van der Waals surface area contributed by atoms with Crippen LogP contribution in [0.25, 0.3) is 0 Å². The van der Waals surface area contributed by atoms with Crippen molar-refractivity contribution in [1.29, 1.82) is 0 Å². The Labute approximate surface area is 220 Å². The van der Waals surface area contributed by atoms with Gasteiger partial charge in [-0.25, -0.2) is 4.79 Å². The Morgan fingerprint density at radius 1 is 0.842 bits per heavy atom. The summed E-state index contributed by atoms with van der Waals surface area (Å²) in [4.78, 5) is 49.9. The van der Waals surface area contributed by atoms with Crippen LogP contribution in [0.2, 0.25) is 0 Å². The summed E-state index contributed by atoms with van der Waals surface area (Å²) in [5, 5.41) is 43.6. The van der Waals surface area contributed by atoms with E-state index in [-0.39, 0.29) is 31.8 Å². The van der Waals surface area contributed by atoms with Gasteiger partial charge in [0.1, 0.15) is 12.1 Å². The summed E-state index contributed by atoms with van der Waals surface area (Å²) in [5.74, 6) is -3.84. The molecular weight excluding hydrogens is 506 g/mol. The number of carboxylic acid groups (broad SMARTS) is 4. The summed E-state index contributed by atoms with van der Waals surface area (Å²) in [6.45, 7) is 3.99. The van der Waals surface area contributed by atoms with Crippen molar-refractivity contribution >= 4 is 35.6 Å². The number of aliphatic hydroxyl groups excluding tert-OH is 1. The van der Waals surface area contributed by atoms with Crippen LogP contribution < -0.4 is 28.3 Å². The smallest absolute Gasteiger partial charge is 0.320 e. The highest BCUT2D eigenvalue weighted by molar-refractivity contribution is 5.73. The second-order valence-corrected chi connectivity index (χ2v) is 8.03. The number of nitrogen functional groups attached to an aromatic ring is 1. The highest BCUT2D eigenvalue weighted by atomic mass is 16.4. The number of carboxylic acids is 4. The minimum absolute atomic E-state index is 0.0208. The SMILES string of the molecule is CC(C)C(N)C(=O)O.NC(=O)NCCCC(N)C(=O)O.Nc1ccc(CO)cc1.O=C(O)CCCC(=O)O. The van der Waals surface area contributed by atoms with Crippen LogP contribution in [0.4, 0.5) is 10.5 Å². The molecule has 15 heteroatoms. The lowest BCUT2D eigenvalue weighted by molar-refractivity contribution is -0.140. The lowest BCUT2D eigenvalue weighted by Gasteiger charge is -2.07. The molecule has 0 aromatic heterocycles. The highest BCUT2D eigenvalue weighted by Gasteiger charge is 2.14. The molecule has 1 aromatic carbocycles. The number of aliphatic hydroxyl groups is 1. The van der Waals surface area contributed by atoms with Gasteiger partial charge in [-0.2, -0.15) is 0 Å². The van der Waals surface area contributed by atoms with Crippen molar-refractivity contribution in [2.45, 2.75) is 64.6 Å². The number of primary amides is 1. The molecule has 2 amide bonds. The van der Waals surface area contributed by atoms with Gasteiger partial charge in [0.15, 0.2) is 0 Å². The van der Waals surface area contributed by atoms with E-state index in [1.165, 1.54) is 0 Å². The topological polar surface area (TPSA) is 303 Å². The zero-order chi connectivity index (χ0) is 30.3. The molecule has 15 nitrogen and oxygen atoms in total. The van der Waals surface area contributed by atoms with E-state index in [1.54, 1.807) is 38.1 Å². The molecule has 0 radical (unpaired) electrons. The quantitative estimate of drug-likeness (QED) is 0.122. The van der Waals surface area contributed by atoms with Gasteiger partial charge in [0.25, 0.3) is 0 Å². The third-order valence-corrected chi connectivity index (χ3v) is 4.26. The van der Waals surface area contributed by atoms with Gasteiger partial charge in [-0.3, -0.25) is 19.2 Å². The average molecular weight is 548 g/mol. The summed E-state index contributed by atoms with van der Waals surface area (Å²) in [6.07, 6.45) is 0.926. The number of urea groups is 1. The molecule has 0 aliphatic rings. The first kappa shape index (κ1) is 38.6. The second-order valence-electron chi connectivity index (χ2n) is 8.03. The maximum Gasteiger partial charge on any atom is 0.320 e. The van der Waals surface area contributed by atoms with Gasteiger partial charge in [0.05, 0.1) is 6.61 Å². The maximum absolute atomic E-state index is 10.2. The Morgan fingerprint density at radius 2 is 1.32 bits per heavy atom. The van der Waals surface area contributed by atoms with Crippen LogP contribution in [-0.2, 0) is 25.8 Å². The Bertz CT molecular complexity index is 820. The van der Waals surface area contributed by atoms with Crippen LogP contribution in [0.1, 0.15) is 51.5 Å². The summed E-state index contributed by atoms with van der Waals surface area (Å²) < 4.78 is 0. The minimum Gasteiger partial charge on any atom is -0.481 e. The van der Waals surface area contributed by atoms with E-state index in [0.29, 0.717) is 19.4 Å². The Kier molecular flexibility index (Phi) is 23.8. The van der Waals surface area contributed by atoms with Crippen LogP contribution >= 0.6 is 0 Å². The molecule has 0 heterocycles. The zero-order valence-electron chi connectivity index (χ0n) is 21.6. The standard InChI is InChI=1S/C7H9NO.C6H13N3O3.C5H11NO2.C5H8O4/c8-7-3-1-6(5-9)2-4-7;7-4(5(10)11)2-1-3-9-6(8)12;1-3(2)4(6)5(7)8;6-4(7)2-1-3-5(8)9/h1-4,9H,5,8H2;4H,1-3,7H2,(H,10,11)(H3,8,9,12);3-4H,6H2,1-2H3,(H,7,8);1-3H2,(H,6,7)(H,8,9). The molecule has 218 valence electrons. The molecule has 38 heavy (non-hydrogen) atoms. The molecule has 2 unspecified atom stereocenters. The van der Waals surface area contributed by atoms with E-state index in [9.17, 15) is 24.0 Å². The average Bonchev–Trinajstić information content (AvgIpc) is 2.82. The van der Waals surface area contributed by atoms with Crippen molar-refractivity contribution in [1.82, 2.24) is 5.32 Å². The van der Waals surface area contributed by atoms with Gasteiger partial charge >= 0.3 is 29.9 Å². The molecule has 0 aliphatic carbocycles. The van der Waals surface area contributed by atoms with Gasteiger partial charge in [-0.05, 0) is 42.9 Å². The van der Waals surface area contributed by atoms with Crippen molar-refractivity contribution < 1.29 is 49.5 Å². The van der Waals surface area contributed by atoms with Crippen molar-refractivity contribution in [2.24, 2.45) is 23.1 Å². The van der Waals surface area contributed by atoms with Crippen molar-refractivity contribution in [3.05, 3.63) is 29.8 Å². The molecule has 2 atom stereocenters. The van der Waals surface area contributed by atoms with Crippen LogP contribution in [0.5, 0.6) is 0 Å².